The van der Waals surface area contributed by atoms with Crippen LogP contribution >= 0.6 is 0 Å². The van der Waals surface area contributed by atoms with Crippen molar-refractivity contribution in [1.29, 1.82) is 0 Å². The third-order valence-corrected chi connectivity index (χ3v) is 8.93. The lowest BCUT2D eigenvalue weighted by atomic mass is 10.1. The second kappa shape index (κ2) is 11.3. The van der Waals surface area contributed by atoms with Crippen molar-refractivity contribution >= 4 is 15.9 Å². The summed E-state index contributed by atoms with van der Waals surface area (Å²) in [5.74, 6) is 2.21. The van der Waals surface area contributed by atoms with E-state index in [0.29, 0.717) is 63.5 Å². The number of hydrogen-bond donors (Lipinski definition) is 0. The van der Waals surface area contributed by atoms with Crippen LogP contribution in [0.15, 0.2) is 41.3 Å². The minimum absolute atomic E-state index is 0.0613. The summed E-state index contributed by atoms with van der Waals surface area (Å²) in [6.45, 7) is 5.40. The number of nitrogens with zero attached hydrogens (tertiary/aromatic N) is 3. The molecule has 1 amide bonds. The highest BCUT2D eigenvalue weighted by molar-refractivity contribution is 7.89. The van der Waals surface area contributed by atoms with Crippen molar-refractivity contribution in [3.63, 3.8) is 0 Å². The Balaban J connectivity index is 1.15. The van der Waals surface area contributed by atoms with E-state index in [1.54, 1.807) is 25.3 Å². The van der Waals surface area contributed by atoms with E-state index in [-0.39, 0.29) is 17.6 Å². The first kappa shape index (κ1) is 25.8. The predicted octanol–water partition coefficient (Wildman–Crippen LogP) is 1.72. The molecule has 2 aromatic rings. The molecule has 0 unspecified atom stereocenters. The van der Waals surface area contributed by atoms with E-state index in [4.69, 9.17) is 18.9 Å². The molecule has 3 aliphatic rings. The maximum Gasteiger partial charge on any atom is 0.243 e. The van der Waals surface area contributed by atoms with Crippen LogP contribution < -0.4 is 14.2 Å². The summed E-state index contributed by atoms with van der Waals surface area (Å²) in [7, 11) is -2.07. The van der Waals surface area contributed by atoms with Gasteiger partial charge in [-0.15, -0.1) is 0 Å². The summed E-state index contributed by atoms with van der Waals surface area (Å²) < 4.78 is 49.2. The van der Waals surface area contributed by atoms with E-state index >= 15 is 0 Å². The third-order valence-electron chi connectivity index (χ3n) is 7.04. The number of morpholine rings is 1. The molecule has 5 rings (SSSR count). The number of fused-ring (bicyclic) bond motifs is 1. The van der Waals surface area contributed by atoms with Crippen LogP contribution in [0.4, 0.5) is 0 Å². The maximum atomic E-state index is 13.1. The van der Waals surface area contributed by atoms with E-state index in [0.717, 1.165) is 36.7 Å². The van der Waals surface area contributed by atoms with Gasteiger partial charge in [0.25, 0.3) is 0 Å². The fourth-order valence-electron chi connectivity index (χ4n) is 4.90. The van der Waals surface area contributed by atoms with Gasteiger partial charge in [-0.3, -0.25) is 9.69 Å². The molecule has 0 atom stereocenters. The largest absolute Gasteiger partial charge is 0.496 e. The van der Waals surface area contributed by atoms with Gasteiger partial charge in [-0.2, -0.15) is 4.31 Å². The Morgan fingerprint density at radius 3 is 2.46 bits per heavy atom. The average molecular weight is 532 g/mol. The van der Waals surface area contributed by atoms with Crippen LogP contribution in [-0.2, 0) is 32.5 Å². The summed E-state index contributed by atoms with van der Waals surface area (Å²) in [6.07, 6.45) is 0.700. The van der Waals surface area contributed by atoms with Crippen LogP contribution in [0.25, 0.3) is 0 Å². The van der Waals surface area contributed by atoms with E-state index in [1.807, 2.05) is 23.1 Å². The highest BCUT2D eigenvalue weighted by Gasteiger charge is 2.28. The van der Waals surface area contributed by atoms with Gasteiger partial charge >= 0.3 is 0 Å². The van der Waals surface area contributed by atoms with Gasteiger partial charge in [-0.05, 0) is 47.9 Å². The molecule has 0 N–H and O–H groups in total. The molecular weight excluding hydrogens is 498 g/mol. The number of piperazine rings is 1. The lowest BCUT2D eigenvalue weighted by Crippen LogP contribution is -2.48. The number of rotatable bonds is 8. The molecule has 0 spiro atoms. The Morgan fingerprint density at radius 2 is 1.70 bits per heavy atom. The minimum atomic E-state index is -3.62. The van der Waals surface area contributed by atoms with E-state index < -0.39 is 10.0 Å². The lowest BCUT2D eigenvalue weighted by molar-refractivity contribution is -0.133. The van der Waals surface area contributed by atoms with E-state index in [9.17, 15) is 13.2 Å². The smallest absolute Gasteiger partial charge is 0.243 e. The molecule has 37 heavy (non-hydrogen) atoms. The molecule has 2 saturated heterocycles. The molecule has 10 nitrogen and oxygen atoms in total. The highest BCUT2D eigenvalue weighted by Crippen LogP contribution is 2.33. The molecule has 2 aromatic carbocycles. The predicted molar refractivity (Wildman–Crippen MR) is 135 cm³/mol. The Morgan fingerprint density at radius 1 is 0.946 bits per heavy atom. The lowest BCUT2D eigenvalue weighted by Gasteiger charge is -2.35. The molecule has 0 radical (unpaired) electrons. The maximum absolute atomic E-state index is 13.1. The van der Waals surface area contributed by atoms with Crippen LogP contribution in [0.3, 0.4) is 0 Å². The number of hydrogen-bond acceptors (Lipinski definition) is 8. The topological polar surface area (TPSA) is 97.8 Å². The summed E-state index contributed by atoms with van der Waals surface area (Å²) in [5.41, 5.74) is 1.87. The normalized spacial score (nSPS) is 18.7. The third kappa shape index (κ3) is 5.85. The summed E-state index contributed by atoms with van der Waals surface area (Å²) in [6, 6.07) is 10.9. The number of amides is 1. The van der Waals surface area contributed by atoms with Gasteiger partial charge in [-0.1, -0.05) is 6.07 Å². The first-order chi connectivity index (χ1) is 17.9. The monoisotopic (exact) mass is 531 g/mol. The fraction of sp³-hybridized carbons (Fsp3) is 0.500. The van der Waals surface area contributed by atoms with Crippen molar-refractivity contribution in [2.75, 3.05) is 66.4 Å². The van der Waals surface area contributed by atoms with Gasteiger partial charge < -0.3 is 23.8 Å². The van der Waals surface area contributed by atoms with Crippen molar-refractivity contribution in [3.8, 4) is 17.2 Å². The number of ether oxygens (including phenoxy) is 4. The van der Waals surface area contributed by atoms with Crippen LogP contribution in [0.2, 0.25) is 0 Å². The molecule has 0 aliphatic carbocycles. The van der Waals surface area contributed by atoms with E-state index in [1.165, 1.54) is 4.31 Å². The number of benzene rings is 2. The van der Waals surface area contributed by atoms with E-state index in [2.05, 4.69) is 4.90 Å². The van der Waals surface area contributed by atoms with Gasteiger partial charge in [0.15, 0.2) is 11.5 Å². The van der Waals surface area contributed by atoms with Crippen LogP contribution in [-0.4, -0.2) is 94.8 Å². The average Bonchev–Trinajstić information content (AvgIpc) is 3.40. The van der Waals surface area contributed by atoms with Crippen LogP contribution in [0, 0.1) is 0 Å². The van der Waals surface area contributed by atoms with Gasteiger partial charge in [0.2, 0.25) is 22.7 Å². The fourth-order valence-corrected chi connectivity index (χ4v) is 6.36. The zero-order chi connectivity index (χ0) is 25.8. The Labute approximate surface area is 217 Å². The molecule has 3 aliphatic heterocycles. The Hall–Kier alpha value is -2.86. The number of carbonyl (C=O) groups is 1. The summed E-state index contributed by atoms with van der Waals surface area (Å²) in [5, 5.41) is 0. The van der Waals surface area contributed by atoms with Crippen molar-refractivity contribution in [2.45, 2.75) is 24.3 Å². The van der Waals surface area contributed by atoms with Crippen LogP contribution in [0.1, 0.15) is 17.5 Å². The SMILES string of the molecule is COc1ccc(S(=O)(=O)N2CCOCC2)cc1CCC(=O)N1CCN(Cc2ccc3c(c2)OCO3)CC1. The zero-order valence-corrected chi connectivity index (χ0v) is 21.9. The second-order valence-corrected chi connectivity index (χ2v) is 11.3. The molecule has 11 heteroatoms. The van der Waals surface area contributed by atoms with Crippen molar-refractivity contribution in [3.05, 3.63) is 47.5 Å². The van der Waals surface area contributed by atoms with Crippen LogP contribution in [0.5, 0.6) is 17.2 Å². The first-order valence-electron chi connectivity index (χ1n) is 12.6. The van der Waals surface area contributed by atoms with Crippen molar-refractivity contribution in [1.82, 2.24) is 14.1 Å². The Bertz CT molecular complexity index is 1220. The molecule has 2 fully saturated rings. The van der Waals surface area contributed by atoms with Gasteiger partial charge in [0.1, 0.15) is 5.75 Å². The number of carbonyl (C=O) groups excluding carboxylic acids is 1. The first-order valence-corrected chi connectivity index (χ1v) is 14.0. The standard InChI is InChI=1S/C26H33N3O7S/c1-33-23-6-4-22(37(31,32)29-12-14-34-15-13-29)17-21(23)3-7-26(30)28-10-8-27(9-11-28)18-20-2-5-24-25(16-20)36-19-35-24/h2,4-6,16-17H,3,7-15,18-19H2,1H3. The quantitative estimate of drug-likeness (QED) is 0.508. The molecule has 0 saturated carbocycles. The Kier molecular flexibility index (Phi) is 7.84. The summed E-state index contributed by atoms with van der Waals surface area (Å²) in [4.78, 5) is 17.4. The highest BCUT2D eigenvalue weighted by atomic mass is 32.2. The van der Waals surface area contributed by atoms with Crippen molar-refractivity contribution in [2.24, 2.45) is 0 Å². The number of methoxy groups -OCH3 is 1. The summed E-state index contributed by atoms with van der Waals surface area (Å²) >= 11 is 0. The number of sulfonamides is 1. The van der Waals surface area contributed by atoms with Gasteiger partial charge in [-0.25, -0.2) is 8.42 Å². The number of aryl methyl sites for hydroxylation is 1. The van der Waals surface area contributed by atoms with Gasteiger partial charge in [0.05, 0.1) is 25.2 Å². The molecule has 200 valence electrons. The van der Waals surface area contributed by atoms with Gasteiger partial charge in [0, 0.05) is 52.2 Å². The molecule has 3 heterocycles. The molecular formula is C26H33N3O7S. The van der Waals surface area contributed by atoms with Crippen molar-refractivity contribution < 1.29 is 32.2 Å². The second-order valence-electron chi connectivity index (χ2n) is 9.33. The molecule has 0 bridgehead atoms. The zero-order valence-electron chi connectivity index (χ0n) is 21.1. The molecule has 0 aromatic heterocycles. The minimum Gasteiger partial charge on any atom is -0.496 e.